The molecule has 0 saturated carbocycles. The fraction of sp³-hybridized carbons (Fsp3) is 0.0417. The van der Waals surface area contributed by atoms with E-state index in [4.69, 9.17) is 9.47 Å². The van der Waals surface area contributed by atoms with Gasteiger partial charge >= 0.3 is 5.97 Å². The summed E-state index contributed by atoms with van der Waals surface area (Å²) in [6, 6.07) is 22.5. The fourth-order valence-electron chi connectivity index (χ4n) is 2.68. The number of esters is 1. The van der Waals surface area contributed by atoms with Gasteiger partial charge in [-0.3, -0.25) is 4.79 Å². The molecular formula is C24H17IN2O4. The van der Waals surface area contributed by atoms with E-state index in [1.54, 1.807) is 54.6 Å². The highest BCUT2D eigenvalue weighted by Crippen LogP contribution is 2.30. The van der Waals surface area contributed by atoms with Gasteiger partial charge in [0, 0.05) is 9.26 Å². The van der Waals surface area contributed by atoms with E-state index in [9.17, 15) is 14.9 Å². The van der Waals surface area contributed by atoms with E-state index in [2.05, 4.69) is 27.9 Å². The number of rotatable bonds is 6. The second-order valence-electron chi connectivity index (χ2n) is 6.30. The van der Waals surface area contributed by atoms with Crippen LogP contribution in [0.25, 0.3) is 6.08 Å². The number of halogens is 1. The van der Waals surface area contributed by atoms with E-state index in [0.29, 0.717) is 22.6 Å². The van der Waals surface area contributed by atoms with Crippen molar-refractivity contribution in [3.63, 3.8) is 0 Å². The van der Waals surface area contributed by atoms with Gasteiger partial charge in [0.15, 0.2) is 11.5 Å². The molecule has 1 amide bonds. The lowest BCUT2D eigenvalue weighted by molar-refractivity contribution is -0.112. The molecule has 0 aliphatic rings. The molecule has 0 aliphatic heterocycles. The number of ether oxygens (including phenoxy) is 2. The molecule has 0 bridgehead atoms. The van der Waals surface area contributed by atoms with Gasteiger partial charge in [-0.25, -0.2) is 4.79 Å². The van der Waals surface area contributed by atoms with Gasteiger partial charge in [-0.05, 0) is 76.7 Å². The van der Waals surface area contributed by atoms with Gasteiger partial charge in [0.25, 0.3) is 5.91 Å². The summed E-state index contributed by atoms with van der Waals surface area (Å²) in [5.74, 6) is -0.552. The lowest BCUT2D eigenvalue weighted by atomic mass is 10.1. The predicted octanol–water partition coefficient (Wildman–Crippen LogP) is 5.06. The molecule has 0 atom stereocenters. The zero-order valence-electron chi connectivity index (χ0n) is 16.5. The Kier molecular flexibility index (Phi) is 7.40. The number of nitrogens with one attached hydrogen (secondary N) is 1. The summed E-state index contributed by atoms with van der Waals surface area (Å²) in [5, 5.41) is 12.2. The number of hydrogen-bond acceptors (Lipinski definition) is 5. The Bertz CT molecular complexity index is 1180. The lowest BCUT2D eigenvalue weighted by Crippen LogP contribution is -2.13. The van der Waals surface area contributed by atoms with Crippen LogP contribution in [0.4, 0.5) is 5.69 Å². The summed E-state index contributed by atoms with van der Waals surface area (Å²) in [4.78, 5) is 24.9. The van der Waals surface area contributed by atoms with Crippen LogP contribution in [0.3, 0.4) is 0 Å². The zero-order chi connectivity index (χ0) is 22.2. The number of carbonyl (C=O) groups excluding carboxylic acids is 2. The van der Waals surface area contributed by atoms with Gasteiger partial charge in [0.1, 0.15) is 11.6 Å². The van der Waals surface area contributed by atoms with Crippen LogP contribution >= 0.6 is 22.6 Å². The molecule has 0 unspecified atom stereocenters. The van der Waals surface area contributed by atoms with Crippen LogP contribution in [0.1, 0.15) is 15.9 Å². The van der Waals surface area contributed by atoms with E-state index in [1.807, 2.05) is 18.2 Å². The van der Waals surface area contributed by atoms with Gasteiger partial charge in [0.05, 0.1) is 12.7 Å². The molecule has 0 aromatic heterocycles. The van der Waals surface area contributed by atoms with Crippen molar-refractivity contribution in [1.29, 1.82) is 5.26 Å². The molecule has 0 saturated heterocycles. The smallest absolute Gasteiger partial charge is 0.343 e. The monoisotopic (exact) mass is 524 g/mol. The third kappa shape index (κ3) is 5.93. The van der Waals surface area contributed by atoms with Crippen molar-refractivity contribution in [3.8, 4) is 17.6 Å². The summed E-state index contributed by atoms with van der Waals surface area (Å²) < 4.78 is 11.7. The van der Waals surface area contributed by atoms with Crippen molar-refractivity contribution in [3.05, 3.63) is 93.1 Å². The van der Waals surface area contributed by atoms with E-state index in [1.165, 1.54) is 19.3 Å². The maximum absolute atomic E-state index is 12.5. The van der Waals surface area contributed by atoms with Crippen molar-refractivity contribution in [1.82, 2.24) is 0 Å². The van der Waals surface area contributed by atoms with Crippen molar-refractivity contribution in [2.24, 2.45) is 0 Å². The minimum Gasteiger partial charge on any atom is -0.493 e. The zero-order valence-corrected chi connectivity index (χ0v) is 18.6. The molecule has 0 aliphatic carbocycles. The molecular weight excluding hydrogens is 507 g/mol. The topological polar surface area (TPSA) is 88.4 Å². The molecule has 3 rings (SSSR count). The van der Waals surface area contributed by atoms with E-state index in [-0.39, 0.29) is 11.3 Å². The first-order valence-corrected chi connectivity index (χ1v) is 10.2. The third-order valence-corrected chi connectivity index (χ3v) is 4.83. The normalized spacial score (nSPS) is 10.7. The van der Waals surface area contributed by atoms with E-state index < -0.39 is 11.9 Å². The van der Waals surface area contributed by atoms with Crippen molar-refractivity contribution >= 4 is 46.2 Å². The molecule has 3 aromatic carbocycles. The van der Waals surface area contributed by atoms with Crippen LogP contribution in [0.2, 0.25) is 0 Å². The van der Waals surface area contributed by atoms with Gasteiger partial charge in [-0.1, -0.05) is 30.3 Å². The number of carbonyl (C=O) groups is 2. The van der Waals surface area contributed by atoms with Crippen molar-refractivity contribution in [2.45, 2.75) is 0 Å². The number of hydrogen-bond donors (Lipinski definition) is 1. The highest BCUT2D eigenvalue weighted by Gasteiger charge is 2.14. The van der Waals surface area contributed by atoms with Crippen LogP contribution < -0.4 is 14.8 Å². The number of nitriles is 1. The summed E-state index contributed by atoms with van der Waals surface area (Å²) in [6.45, 7) is 0. The van der Waals surface area contributed by atoms with Gasteiger partial charge in [0.2, 0.25) is 0 Å². The summed E-state index contributed by atoms with van der Waals surface area (Å²) in [6.07, 6.45) is 1.42. The first kappa shape index (κ1) is 22.1. The maximum Gasteiger partial charge on any atom is 0.343 e. The molecule has 0 heterocycles. The van der Waals surface area contributed by atoms with Crippen molar-refractivity contribution in [2.75, 3.05) is 12.4 Å². The van der Waals surface area contributed by atoms with Crippen LogP contribution in [0, 0.1) is 14.9 Å². The first-order valence-electron chi connectivity index (χ1n) is 9.14. The number of amides is 1. The van der Waals surface area contributed by atoms with Crippen LogP contribution in [0.15, 0.2) is 78.4 Å². The van der Waals surface area contributed by atoms with Crippen LogP contribution in [-0.4, -0.2) is 19.0 Å². The molecule has 0 radical (unpaired) electrons. The van der Waals surface area contributed by atoms with Crippen LogP contribution in [-0.2, 0) is 4.79 Å². The van der Waals surface area contributed by atoms with Crippen LogP contribution in [0.5, 0.6) is 11.5 Å². The second-order valence-corrected chi connectivity index (χ2v) is 7.55. The molecule has 0 fully saturated rings. The lowest BCUT2D eigenvalue weighted by Gasteiger charge is -2.10. The quantitative estimate of drug-likeness (QED) is 0.160. The Labute approximate surface area is 193 Å². The summed E-state index contributed by atoms with van der Waals surface area (Å²) in [7, 11) is 1.46. The molecule has 3 aromatic rings. The Morgan fingerprint density at radius 3 is 2.45 bits per heavy atom. The minimum absolute atomic E-state index is 0.0932. The number of anilines is 1. The number of benzene rings is 3. The highest BCUT2D eigenvalue weighted by atomic mass is 127. The first-order chi connectivity index (χ1) is 15.0. The number of nitrogens with zero attached hydrogens (tertiary/aromatic N) is 1. The Balaban J connectivity index is 1.84. The average Bonchev–Trinajstić information content (AvgIpc) is 2.78. The average molecular weight is 524 g/mol. The molecule has 0 spiro atoms. The SMILES string of the molecule is COc1ccc(/C=C(\C#N)C(=O)Nc2cccc(I)c2)cc1OC(=O)c1ccccc1. The highest BCUT2D eigenvalue weighted by molar-refractivity contribution is 14.1. The largest absolute Gasteiger partial charge is 0.493 e. The fourth-order valence-corrected chi connectivity index (χ4v) is 3.22. The minimum atomic E-state index is -0.544. The summed E-state index contributed by atoms with van der Waals surface area (Å²) in [5.41, 5.74) is 1.39. The van der Waals surface area contributed by atoms with E-state index in [0.717, 1.165) is 3.57 Å². The maximum atomic E-state index is 12.5. The predicted molar refractivity (Wildman–Crippen MR) is 126 cm³/mol. The molecule has 154 valence electrons. The van der Waals surface area contributed by atoms with E-state index >= 15 is 0 Å². The molecule has 1 N–H and O–H groups in total. The summed E-state index contributed by atoms with van der Waals surface area (Å²) >= 11 is 2.14. The molecule has 7 heteroatoms. The molecule has 31 heavy (non-hydrogen) atoms. The Morgan fingerprint density at radius 1 is 1.00 bits per heavy atom. The Hall–Kier alpha value is -3.64. The van der Waals surface area contributed by atoms with Crippen molar-refractivity contribution < 1.29 is 19.1 Å². The van der Waals surface area contributed by atoms with Gasteiger partial charge in [-0.2, -0.15) is 5.26 Å². The standard InChI is InChI=1S/C24H17IN2O4/c1-30-21-11-10-16(13-22(21)31-24(29)17-6-3-2-4-7-17)12-18(15-26)23(28)27-20-9-5-8-19(25)14-20/h2-14H,1H3,(H,27,28)/b18-12+. The van der Waals surface area contributed by atoms with Gasteiger partial charge in [-0.15, -0.1) is 0 Å². The Morgan fingerprint density at radius 2 is 1.77 bits per heavy atom. The second kappa shape index (κ2) is 10.4. The van der Waals surface area contributed by atoms with Gasteiger partial charge < -0.3 is 14.8 Å². The third-order valence-electron chi connectivity index (χ3n) is 4.16. The molecule has 6 nitrogen and oxygen atoms in total. The number of methoxy groups -OCH3 is 1.